The maximum absolute atomic E-state index is 12.4. The number of nitro groups is 1. The molecule has 1 amide bonds. The highest BCUT2D eigenvalue weighted by atomic mass is 32.1. The maximum atomic E-state index is 12.4. The lowest BCUT2D eigenvalue weighted by atomic mass is 9.99. The van der Waals surface area contributed by atoms with Crippen LogP contribution in [0.25, 0.3) is 11.4 Å². The van der Waals surface area contributed by atoms with Crippen LogP contribution in [0.2, 0.25) is 0 Å². The molecule has 0 aliphatic heterocycles. The molecule has 0 radical (unpaired) electrons. The highest BCUT2D eigenvalue weighted by molar-refractivity contribution is 7.12. The number of hydrogen-bond acceptors (Lipinski definition) is 7. The van der Waals surface area contributed by atoms with E-state index in [1.54, 1.807) is 18.2 Å². The van der Waals surface area contributed by atoms with Crippen molar-refractivity contribution in [1.82, 2.24) is 15.5 Å². The molecular formula is C18H18N4O4S. The van der Waals surface area contributed by atoms with Crippen LogP contribution in [0.4, 0.5) is 5.69 Å². The van der Waals surface area contributed by atoms with Gasteiger partial charge in [0.2, 0.25) is 11.7 Å². The van der Waals surface area contributed by atoms with Gasteiger partial charge in [-0.2, -0.15) is 4.98 Å². The van der Waals surface area contributed by atoms with E-state index in [0.29, 0.717) is 22.2 Å². The summed E-state index contributed by atoms with van der Waals surface area (Å²) in [5.74, 6) is 0.519. The molecule has 3 rings (SSSR count). The number of nitrogens with zero attached hydrogens (tertiary/aromatic N) is 3. The number of carbonyl (C=O) groups excluding carboxylic acids is 1. The number of thiophene rings is 1. The standard InChI is InChI=1S/C18H18N4O4S/c1-3-11(2)15(19-17(23)14-5-4-10-27-14)18-20-16(21-26-18)12-6-8-13(9-7-12)22(24)25/h4-11,15H,3H2,1-2H3,(H,19,23)/t11-,15+/m0/s1. The van der Waals surface area contributed by atoms with Crippen LogP contribution in [-0.2, 0) is 0 Å². The molecule has 0 saturated heterocycles. The quantitative estimate of drug-likeness (QED) is 0.480. The van der Waals surface area contributed by atoms with Crippen LogP contribution in [0.3, 0.4) is 0 Å². The fourth-order valence-electron chi connectivity index (χ4n) is 2.51. The Morgan fingerprint density at radius 3 is 2.67 bits per heavy atom. The molecule has 2 atom stereocenters. The third kappa shape index (κ3) is 4.20. The molecule has 8 nitrogen and oxygen atoms in total. The summed E-state index contributed by atoms with van der Waals surface area (Å²) in [5, 5.41) is 19.5. The molecule has 0 aliphatic rings. The molecule has 2 heterocycles. The number of nitrogens with one attached hydrogen (secondary N) is 1. The molecule has 0 aliphatic carbocycles. The normalized spacial score (nSPS) is 13.1. The van der Waals surface area contributed by atoms with E-state index in [4.69, 9.17) is 4.52 Å². The van der Waals surface area contributed by atoms with Crippen molar-refractivity contribution < 1.29 is 14.2 Å². The molecule has 0 saturated carbocycles. The van der Waals surface area contributed by atoms with E-state index in [1.807, 2.05) is 25.3 Å². The SMILES string of the molecule is CC[C@H](C)[C@@H](NC(=O)c1cccs1)c1nc(-c2ccc([N+](=O)[O-])cc2)no1. The highest BCUT2D eigenvalue weighted by Crippen LogP contribution is 2.27. The zero-order valence-electron chi connectivity index (χ0n) is 14.8. The van der Waals surface area contributed by atoms with Crippen LogP contribution in [0, 0.1) is 16.0 Å². The van der Waals surface area contributed by atoms with Gasteiger partial charge in [0.1, 0.15) is 6.04 Å². The van der Waals surface area contributed by atoms with Crippen molar-refractivity contribution in [3.63, 3.8) is 0 Å². The van der Waals surface area contributed by atoms with E-state index in [1.165, 1.54) is 23.5 Å². The van der Waals surface area contributed by atoms with Gasteiger partial charge in [-0.3, -0.25) is 14.9 Å². The summed E-state index contributed by atoms with van der Waals surface area (Å²) in [6, 6.07) is 9.04. The largest absolute Gasteiger partial charge is 0.339 e. The number of amides is 1. The first-order chi connectivity index (χ1) is 13.0. The third-order valence-electron chi connectivity index (χ3n) is 4.29. The Morgan fingerprint density at radius 2 is 2.07 bits per heavy atom. The number of hydrogen-bond donors (Lipinski definition) is 1. The number of benzene rings is 1. The molecule has 27 heavy (non-hydrogen) atoms. The summed E-state index contributed by atoms with van der Waals surface area (Å²) < 4.78 is 5.39. The Labute approximate surface area is 159 Å². The van der Waals surface area contributed by atoms with Gasteiger partial charge in [-0.05, 0) is 29.5 Å². The van der Waals surface area contributed by atoms with Crippen molar-refractivity contribution >= 4 is 22.9 Å². The molecule has 1 N–H and O–H groups in total. The summed E-state index contributed by atoms with van der Waals surface area (Å²) >= 11 is 1.36. The Bertz CT molecular complexity index is 921. The molecular weight excluding hydrogens is 368 g/mol. The molecule has 2 aromatic heterocycles. The van der Waals surface area contributed by atoms with Gasteiger partial charge in [0.15, 0.2) is 0 Å². The maximum Gasteiger partial charge on any atom is 0.269 e. The van der Waals surface area contributed by atoms with E-state index >= 15 is 0 Å². The molecule has 0 bridgehead atoms. The fourth-order valence-corrected chi connectivity index (χ4v) is 3.14. The van der Waals surface area contributed by atoms with E-state index in [2.05, 4.69) is 15.5 Å². The van der Waals surface area contributed by atoms with Crippen molar-refractivity contribution in [3.05, 3.63) is 62.7 Å². The Hall–Kier alpha value is -3.07. The lowest BCUT2D eigenvalue weighted by Crippen LogP contribution is -2.32. The van der Waals surface area contributed by atoms with Gasteiger partial charge >= 0.3 is 0 Å². The van der Waals surface area contributed by atoms with Crippen LogP contribution in [0.1, 0.15) is 41.9 Å². The summed E-state index contributed by atoms with van der Waals surface area (Å²) in [6.45, 7) is 4.01. The van der Waals surface area contributed by atoms with Gasteiger partial charge < -0.3 is 9.84 Å². The fraction of sp³-hybridized carbons (Fsp3) is 0.278. The number of carbonyl (C=O) groups is 1. The molecule has 0 fully saturated rings. The van der Waals surface area contributed by atoms with Crippen LogP contribution in [0.15, 0.2) is 46.3 Å². The molecule has 0 unspecified atom stereocenters. The molecule has 140 valence electrons. The van der Waals surface area contributed by atoms with Crippen molar-refractivity contribution in [3.8, 4) is 11.4 Å². The molecule has 3 aromatic rings. The second kappa shape index (κ2) is 8.09. The number of aromatic nitrogens is 2. The number of nitro benzene ring substituents is 1. The van der Waals surface area contributed by atoms with E-state index in [-0.39, 0.29) is 17.5 Å². The van der Waals surface area contributed by atoms with Gasteiger partial charge in [0.25, 0.3) is 11.6 Å². The van der Waals surface area contributed by atoms with E-state index < -0.39 is 11.0 Å². The highest BCUT2D eigenvalue weighted by Gasteiger charge is 2.27. The number of non-ortho nitro benzene ring substituents is 1. The first-order valence-corrected chi connectivity index (χ1v) is 9.30. The summed E-state index contributed by atoms with van der Waals surface area (Å²) in [4.78, 5) is 27.7. The minimum Gasteiger partial charge on any atom is -0.339 e. The number of rotatable bonds is 7. The van der Waals surface area contributed by atoms with Gasteiger partial charge in [0, 0.05) is 17.7 Å². The van der Waals surface area contributed by atoms with Gasteiger partial charge in [-0.25, -0.2) is 0 Å². The van der Waals surface area contributed by atoms with Crippen LogP contribution < -0.4 is 5.32 Å². The summed E-state index contributed by atoms with van der Waals surface area (Å²) in [6.07, 6.45) is 0.810. The lowest BCUT2D eigenvalue weighted by Gasteiger charge is -2.20. The Kier molecular flexibility index (Phi) is 5.60. The predicted octanol–water partition coefficient (Wildman–Crippen LogP) is 4.22. The van der Waals surface area contributed by atoms with Crippen LogP contribution in [-0.4, -0.2) is 21.0 Å². The smallest absolute Gasteiger partial charge is 0.269 e. The first kappa shape index (κ1) is 18.7. The van der Waals surface area contributed by atoms with Crippen LogP contribution >= 0.6 is 11.3 Å². The van der Waals surface area contributed by atoms with Gasteiger partial charge in [-0.1, -0.05) is 31.5 Å². The zero-order chi connectivity index (χ0) is 19.4. The summed E-state index contributed by atoms with van der Waals surface area (Å²) in [5.41, 5.74) is 0.589. The molecule has 9 heteroatoms. The zero-order valence-corrected chi connectivity index (χ0v) is 15.6. The van der Waals surface area contributed by atoms with E-state index in [0.717, 1.165) is 6.42 Å². The minimum absolute atomic E-state index is 0.0110. The van der Waals surface area contributed by atoms with Crippen molar-refractivity contribution in [2.24, 2.45) is 5.92 Å². The van der Waals surface area contributed by atoms with Crippen molar-refractivity contribution in [1.29, 1.82) is 0 Å². The third-order valence-corrected chi connectivity index (χ3v) is 5.16. The first-order valence-electron chi connectivity index (χ1n) is 8.42. The van der Waals surface area contributed by atoms with Crippen molar-refractivity contribution in [2.75, 3.05) is 0 Å². The molecule has 0 spiro atoms. The lowest BCUT2D eigenvalue weighted by molar-refractivity contribution is -0.384. The summed E-state index contributed by atoms with van der Waals surface area (Å²) in [7, 11) is 0. The minimum atomic E-state index is -0.468. The van der Waals surface area contributed by atoms with Gasteiger partial charge in [-0.15, -0.1) is 11.3 Å². The second-order valence-electron chi connectivity index (χ2n) is 6.07. The average Bonchev–Trinajstić information content (AvgIpc) is 3.37. The Balaban J connectivity index is 1.83. The van der Waals surface area contributed by atoms with Crippen molar-refractivity contribution in [2.45, 2.75) is 26.3 Å². The predicted molar refractivity (Wildman–Crippen MR) is 100 cm³/mol. The average molecular weight is 386 g/mol. The molecule has 1 aromatic carbocycles. The van der Waals surface area contributed by atoms with E-state index in [9.17, 15) is 14.9 Å². The topological polar surface area (TPSA) is 111 Å². The second-order valence-corrected chi connectivity index (χ2v) is 7.02. The monoisotopic (exact) mass is 386 g/mol. The van der Waals surface area contributed by atoms with Crippen LogP contribution in [0.5, 0.6) is 0 Å². The van der Waals surface area contributed by atoms with Gasteiger partial charge in [0.05, 0.1) is 9.80 Å². The Morgan fingerprint density at radius 1 is 1.33 bits per heavy atom.